The number of pyridine rings is 1. The van der Waals surface area contributed by atoms with Crippen LogP contribution in [0.4, 0.5) is 16.3 Å². The first-order valence-electron chi connectivity index (χ1n) is 9.43. The van der Waals surface area contributed by atoms with Gasteiger partial charge in [-0.2, -0.15) is 5.26 Å². The molecule has 10 heteroatoms. The second kappa shape index (κ2) is 8.53. The second-order valence-corrected chi connectivity index (χ2v) is 6.72. The molecule has 32 heavy (non-hydrogen) atoms. The maximum absolute atomic E-state index is 13.0. The molecule has 3 aromatic heterocycles. The molecule has 0 saturated heterocycles. The summed E-state index contributed by atoms with van der Waals surface area (Å²) >= 11 is 0. The third-order valence-electron chi connectivity index (χ3n) is 4.78. The number of nitriles is 1. The predicted octanol–water partition coefficient (Wildman–Crippen LogP) is 3.12. The van der Waals surface area contributed by atoms with Crippen LogP contribution in [-0.2, 0) is 4.74 Å². The quantitative estimate of drug-likeness (QED) is 0.530. The lowest BCUT2D eigenvalue weighted by atomic mass is 10.2. The van der Waals surface area contributed by atoms with Crippen molar-refractivity contribution in [1.29, 1.82) is 5.26 Å². The van der Waals surface area contributed by atoms with Gasteiger partial charge in [0.1, 0.15) is 11.5 Å². The van der Waals surface area contributed by atoms with Gasteiger partial charge in [0, 0.05) is 30.7 Å². The molecule has 1 N–H and O–H groups in total. The molecule has 4 rings (SSSR count). The van der Waals surface area contributed by atoms with Gasteiger partial charge in [0.15, 0.2) is 5.65 Å². The highest BCUT2D eigenvalue weighted by atomic mass is 16.5. The smallest absolute Gasteiger partial charge is 0.412 e. The molecule has 1 aromatic carbocycles. The molecule has 0 aliphatic rings. The third kappa shape index (κ3) is 3.95. The maximum Gasteiger partial charge on any atom is 0.412 e. The minimum atomic E-state index is -0.610. The number of ether oxygens (including phenoxy) is 1. The van der Waals surface area contributed by atoms with Crippen LogP contribution < -0.4 is 10.2 Å². The Morgan fingerprint density at radius 3 is 2.50 bits per heavy atom. The highest BCUT2D eigenvalue weighted by molar-refractivity contribution is 6.04. The van der Waals surface area contributed by atoms with E-state index in [4.69, 9.17) is 5.26 Å². The van der Waals surface area contributed by atoms with Crippen molar-refractivity contribution in [3.05, 3.63) is 72.4 Å². The number of anilines is 2. The number of amides is 2. The van der Waals surface area contributed by atoms with Gasteiger partial charge in [0.05, 0.1) is 36.8 Å². The average molecular weight is 427 g/mol. The summed E-state index contributed by atoms with van der Waals surface area (Å²) in [5.41, 5.74) is 3.38. The number of hydrogen-bond acceptors (Lipinski definition) is 7. The first kappa shape index (κ1) is 20.5. The molecule has 158 valence electrons. The molecule has 0 bridgehead atoms. The summed E-state index contributed by atoms with van der Waals surface area (Å²) in [6, 6.07) is 12.2. The van der Waals surface area contributed by atoms with Gasteiger partial charge in [-0.05, 0) is 36.4 Å². The molecule has 0 aliphatic carbocycles. The van der Waals surface area contributed by atoms with E-state index in [1.165, 1.54) is 18.2 Å². The topological polar surface area (TPSA) is 126 Å². The van der Waals surface area contributed by atoms with E-state index in [0.29, 0.717) is 28.4 Å². The lowest BCUT2D eigenvalue weighted by Crippen LogP contribution is -2.27. The van der Waals surface area contributed by atoms with Crippen molar-refractivity contribution >= 4 is 29.2 Å². The Morgan fingerprint density at radius 2 is 1.84 bits per heavy atom. The Morgan fingerprint density at radius 1 is 1.06 bits per heavy atom. The van der Waals surface area contributed by atoms with Crippen molar-refractivity contribution in [2.45, 2.75) is 0 Å². The van der Waals surface area contributed by atoms with Gasteiger partial charge in [-0.3, -0.25) is 14.5 Å². The maximum atomic E-state index is 13.0. The van der Waals surface area contributed by atoms with Gasteiger partial charge >= 0.3 is 6.09 Å². The largest absolute Gasteiger partial charge is 0.453 e. The van der Waals surface area contributed by atoms with Crippen molar-refractivity contribution in [3.8, 4) is 17.3 Å². The van der Waals surface area contributed by atoms with Crippen LogP contribution in [0.1, 0.15) is 16.1 Å². The van der Waals surface area contributed by atoms with E-state index >= 15 is 0 Å². The van der Waals surface area contributed by atoms with E-state index in [1.54, 1.807) is 66.4 Å². The molecule has 0 spiro atoms. The van der Waals surface area contributed by atoms with Gasteiger partial charge in [-0.1, -0.05) is 0 Å². The normalized spacial score (nSPS) is 10.4. The molecule has 0 saturated carbocycles. The number of nitrogens with one attached hydrogen (secondary N) is 1. The number of carbonyl (C=O) groups excluding carboxylic acids is 2. The molecular weight excluding hydrogens is 410 g/mol. The van der Waals surface area contributed by atoms with Crippen molar-refractivity contribution in [2.75, 3.05) is 24.4 Å². The van der Waals surface area contributed by atoms with Crippen LogP contribution in [0.15, 0.2) is 61.2 Å². The molecule has 4 aromatic rings. The van der Waals surface area contributed by atoms with Gasteiger partial charge in [0.25, 0.3) is 5.91 Å². The molecule has 0 unspecified atom stereocenters. The molecular formula is C22H17N7O3. The Kier molecular flexibility index (Phi) is 5.46. The number of rotatable bonds is 4. The second-order valence-electron chi connectivity index (χ2n) is 6.72. The number of nitrogens with zero attached hydrogens (tertiary/aromatic N) is 6. The summed E-state index contributed by atoms with van der Waals surface area (Å²) in [4.78, 5) is 38.5. The summed E-state index contributed by atoms with van der Waals surface area (Å²) in [5.74, 6) is 0.0306. The highest BCUT2D eigenvalue weighted by Crippen LogP contribution is 2.22. The Labute approximate surface area is 182 Å². The van der Waals surface area contributed by atoms with Crippen molar-refractivity contribution in [1.82, 2.24) is 19.4 Å². The Bertz CT molecular complexity index is 1340. The predicted molar refractivity (Wildman–Crippen MR) is 116 cm³/mol. The number of carbonyl (C=O) groups is 2. The molecule has 0 fully saturated rings. The molecule has 0 aliphatic heterocycles. The van der Waals surface area contributed by atoms with Crippen molar-refractivity contribution < 1.29 is 14.3 Å². The number of hydrogen-bond donors (Lipinski definition) is 1. The number of benzene rings is 1. The lowest BCUT2D eigenvalue weighted by Gasteiger charge is -2.17. The van der Waals surface area contributed by atoms with E-state index in [-0.39, 0.29) is 11.6 Å². The number of aromatic nitrogens is 4. The standard InChI is InChI=1S/C22H17N7O3/c1-28(16-6-3-14(9-23)4-7-16)21(30)17-13-29-18(11-26-20(29)12-24-17)15-5-8-19(25-10-15)27-22(31)32-2/h3-8,10-13H,1-2H3,(H,25,27,31). The van der Waals surface area contributed by atoms with E-state index in [1.807, 2.05) is 0 Å². The van der Waals surface area contributed by atoms with E-state index in [9.17, 15) is 9.59 Å². The summed E-state index contributed by atoms with van der Waals surface area (Å²) < 4.78 is 6.30. The third-order valence-corrected chi connectivity index (χ3v) is 4.78. The molecule has 0 radical (unpaired) electrons. The van der Waals surface area contributed by atoms with E-state index in [0.717, 1.165) is 5.56 Å². The first-order valence-corrected chi connectivity index (χ1v) is 9.43. The van der Waals surface area contributed by atoms with Crippen LogP contribution in [0.3, 0.4) is 0 Å². The van der Waals surface area contributed by atoms with E-state index in [2.05, 4.69) is 31.1 Å². The van der Waals surface area contributed by atoms with Crippen LogP contribution in [0.2, 0.25) is 0 Å². The van der Waals surface area contributed by atoms with Crippen LogP contribution in [0, 0.1) is 11.3 Å². The number of imidazole rings is 1. The summed E-state index contributed by atoms with van der Waals surface area (Å²) in [6.07, 6.45) is 5.75. The van der Waals surface area contributed by atoms with Gasteiger partial charge in [0.2, 0.25) is 0 Å². The van der Waals surface area contributed by atoms with Gasteiger partial charge in [-0.15, -0.1) is 0 Å². The van der Waals surface area contributed by atoms with Gasteiger partial charge < -0.3 is 9.64 Å². The molecule has 0 atom stereocenters. The van der Waals surface area contributed by atoms with Crippen LogP contribution in [0.25, 0.3) is 16.9 Å². The van der Waals surface area contributed by atoms with Crippen LogP contribution >= 0.6 is 0 Å². The SMILES string of the molecule is COC(=O)Nc1ccc(-c2cnc3cnc(C(=O)N(C)c4ccc(C#N)cc4)cn23)cn1. The van der Waals surface area contributed by atoms with Gasteiger partial charge in [-0.25, -0.2) is 19.7 Å². The fourth-order valence-corrected chi connectivity index (χ4v) is 3.04. The summed E-state index contributed by atoms with van der Waals surface area (Å²) in [7, 11) is 2.91. The fourth-order valence-electron chi connectivity index (χ4n) is 3.04. The Hall–Kier alpha value is -4.78. The highest BCUT2D eigenvalue weighted by Gasteiger charge is 2.17. The number of methoxy groups -OCH3 is 1. The zero-order chi connectivity index (χ0) is 22.7. The van der Waals surface area contributed by atoms with Crippen LogP contribution in [-0.4, -0.2) is 45.5 Å². The zero-order valence-electron chi connectivity index (χ0n) is 17.2. The van der Waals surface area contributed by atoms with Crippen molar-refractivity contribution in [2.24, 2.45) is 0 Å². The fraction of sp³-hybridized carbons (Fsp3) is 0.0909. The first-order chi connectivity index (χ1) is 15.5. The molecule has 2 amide bonds. The monoisotopic (exact) mass is 427 g/mol. The van der Waals surface area contributed by atoms with Crippen molar-refractivity contribution in [3.63, 3.8) is 0 Å². The van der Waals surface area contributed by atoms with E-state index < -0.39 is 6.09 Å². The lowest BCUT2D eigenvalue weighted by molar-refractivity contribution is 0.0987. The number of fused-ring (bicyclic) bond motifs is 1. The average Bonchev–Trinajstić information content (AvgIpc) is 3.27. The minimum absolute atomic E-state index is 0.223. The summed E-state index contributed by atoms with van der Waals surface area (Å²) in [5, 5.41) is 11.4. The molecule has 3 heterocycles. The Balaban J connectivity index is 1.63. The summed E-state index contributed by atoms with van der Waals surface area (Å²) in [6.45, 7) is 0. The zero-order valence-corrected chi connectivity index (χ0v) is 17.2. The molecule has 10 nitrogen and oxygen atoms in total. The minimum Gasteiger partial charge on any atom is -0.453 e. The van der Waals surface area contributed by atoms with Crippen LogP contribution in [0.5, 0.6) is 0 Å².